The number of rotatable bonds is 13. The van der Waals surface area contributed by atoms with E-state index in [1.165, 1.54) is 36.5 Å². The van der Waals surface area contributed by atoms with Gasteiger partial charge in [-0.2, -0.15) is 0 Å². The van der Waals surface area contributed by atoms with Crippen LogP contribution in [0.4, 0.5) is 5.13 Å². The van der Waals surface area contributed by atoms with Crippen LogP contribution >= 0.6 is 34.5 Å². The summed E-state index contributed by atoms with van der Waals surface area (Å²) in [6, 6.07) is 8.77. The van der Waals surface area contributed by atoms with Crippen LogP contribution in [0.5, 0.6) is 5.75 Å². The first-order valence-corrected chi connectivity index (χ1v) is 14.3. The van der Waals surface area contributed by atoms with E-state index in [1.807, 2.05) is 23.6 Å². The lowest BCUT2D eigenvalue weighted by Crippen LogP contribution is -2.12. The fourth-order valence-electron chi connectivity index (χ4n) is 4.00. The Kier molecular flexibility index (Phi) is 11.4. The predicted octanol–water partition coefficient (Wildman–Crippen LogP) is 8.52. The van der Waals surface area contributed by atoms with Crippen molar-refractivity contribution in [2.24, 2.45) is 0 Å². The zero-order valence-corrected chi connectivity index (χ0v) is 24.7. The fourth-order valence-corrected chi connectivity index (χ4v) is 5.30. The summed E-state index contributed by atoms with van der Waals surface area (Å²) in [4.78, 5) is 28.7. The quantitative estimate of drug-likeness (QED) is 0.153. The van der Waals surface area contributed by atoms with Gasteiger partial charge in [0.25, 0.3) is 5.91 Å². The number of aliphatic carboxylic acids is 1. The van der Waals surface area contributed by atoms with Gasteiger partial charge < -0.3 is 14.6 Å². The number of carbonyl (C=O) groups is 2. The Bertz CT molecular complexity index is 1330. The van der Waals surface area contributed by atoms with E-state index in [0.29, 0.717) is 28.7 Å². The number of thiazole rings is 1. The highest BCUT2D eigenvalue weighted by Crippen LogP contribution is 2.39. The van der Waals surface area contributed by atoms with Crippen molar-refractivity contribution >= 4 is 57.6 Å². The predicted molar refractivity (Wildman–Crippen MR) is 158 cm³/mol. The summed E-state index contributed by atoms with van der Waals surface area (Å²) < 4.78 is 12.0. The van der Waals surface area contributed by atoms with E-state index < -0.39 is 11.9 Å². The number of carbonyl (C=O) groups excluding carboxylic acids is 1. The highest BCUT2D eigenvalue weighted by molar-refractivity contribution is 7.14. The molecule has 0 spiro atoms. The number of hydrogen-bond acceptors (Lipinski definition) is 6. The number of aromatic nitrogens is 1. The minimum Gasteiger partial charge on any atom is -0.496 e. The Hall–Kier alpha value is -2.91. The first-order valence-electron chi connectivity index (χ1n) is 12.7. The van der Waals surface area contributed by atoms with Crippen LogP contribution in [-0.4, -0.2) is 35.7 Å². The normalized spacial score (nSPS) is 12.3. The number of para-hydroxylation sites is 1. The van der Waals surface area contributed by atoms with Gasteiger partial charge in [-0.15, -0.1) is 11.3 Å². The van der Waals surface area contributed by atoms with Crippen molar-refractivity contribution in [2.45, 2.75) is 52.6 Å². The second-order valence-electron chi connectivity index (χ2n) is 8.88. The average Bonchev–Trinajstić information content (AvgIpc) is 3.38. The minimum absolute atomic E-state index is 0.0686. The lowest BCUT2D eigenvalue weighted by Gasteiger charge is -2.21. The van der Waals surface area contributed by atoms with Gasteiger partial charge in [0.15, 0.2) is 5.13 Å². The van der Waals surface area contributed by atoms with Crippen LogP contribution in [0, 0.1) is 0 Å². The molecule has 3 aromatic rings. The zero-order chi connectivity index (χ0) is 28.5. The number of unbranched alkanes of at least 4 members (excludes halogenated alkanes) is 2. The number of nitrogens with zero attached hydrogens (tertiary/aromatic N) is 1. The van der Waals surface area contributed by atoms with E-state index in [-0.39, 0.29) is 27.3 Å². The largest absolute Gasteiger partial charge is 0.496 e. The fraction of sp³-hybridized carbons (Fsp3) is 0.345. The minimum atomic E-state index is -1.09. The summed E-state index contributed by atoms with van der Waals surface area (Å²) >= 11 is 13.9. The lowest BCUT2D eigenvalue weighted by atomic mass is 10.0. The van der Waals surface area contributed by atoms with Gasteiger partial charge in [-0.1, -0.05) is 62.0 Å². The van der Waals surface area contributed by atoms with Crippen LogP contribution < -0.4 is 10.1 Å². The molecule has 0 aliphatic rings. The van der Waals surface area contributed by atoms with Crippen molar-refractivity contribution in [1.82, 2.24) is 4.98 Å². The molecular formula is C29H32Cl2N2O5S. The Balaban J connectivity index is 1.82. The van der Waals surface area contributed by atoms with Gasteiger partial charge in [0.05, 0.1) is 29.0 Å². The molecule has 0 aliphatic carbocycles. The Morgan fingerprint density at radius 3 is 2.51 bits per heavy atom. The molecule has 1 heterocycles. The Morgan fingerprint density at radius 2 is 1.90 bits per heavy atom. The van der Waals surface area contributed by atoms with E-state index in [4.69, 9.17) is 37.8 Å². The summed E-state index contributed by atoms with van der Waals surface area (Å²) in [7, 11) is 1.63. The third-order valence-electron chi connectivity index (χ3n) is 6.07. The average molecular weight is 592 g/mol. The van der Waals surface area contributed by atoms with Crippen molar-refractivity contribution in [1.29, 1.82) is 0 Å². The molecule has 0 fully saturated rings. The van der Waals surface area contributed by atoms with E-state index in [1.54, 1.807) is 7.11 Å². The van der Waals surface area contributed by atoms with Crippen molar-refractivity contribution in [3.05, 3.63) is 68.0 Å². The summed E-state index contributed by atoms with van der Waals surface area (Å²) in [6.45, 7) is 6.37. The SMILES string of the molecule is CCCCCOC(CC)c1cccc(-c2csc(NC(=O)c3cc(Cl)c(/C=C(\C)C(=O)O)c(Cl)c3)n2)c1OC. The van der Waals surface area contributed by atoms with Crippen LogP contribution in [0.15, 0.2) is 41.3 Å². The molecule has 0 saturated carbocycles. The molecule has 0 saturated heterocycles. The van der Waals surface area contributed by atoms with E-state index in [2.05, 4.69) is 24.1 Å². The molecule has 39 heavy (non-hydrogen) atoms. The van der Waals surface area contributed by atoms with Gasteiger partial charge in [-0.3, -0.25) is 10.1 Å². The number of hydrogen-bond donors (Lipinski definition) is 2. The van der Waals surface area contributed by atoms with E-state index in [0.717, 1.165) is 36.8 Å². The van der Waals surface area contributed by atoms with Crippen molar-refractivity contribution in [3.8, 4) is 17.0 Å². The summed E-state index contributed by atoms with van der Waals surface area (Å²) in [6.07, 6.45) is 5.35. The summed E-state index contributed by atoms with van der Waals surface area (Å²) in [5, 5.41) is 14.5. The first kappa shape index (κ1) is 30.6. The Morgan fingerprint density at radius 1 is 1.18 bits per heavy atom. The van der Waals surface area contributed by atoms with Crippen molar-refractivity contribution in [2.75, 3.05) is 19.0 Å². The number of benzene rings is 2. The number of methoxy groups -OCH3 is 1. The number of nitrogens with one attached hydrogen (secondary N) is 1. The molecule has 0 radical (unpaired) electrons. The van der Waals surface area contributed by atoms with Gasteiger partial charge in [0.2, 0.25) is 0 Å². The first-order chi connectivity index (χ1) is 18.7. The molecule has 1 atom stereocenters. The van der Waals surface area contributed by atoms with Crippen LogP contribution in [-0.2, 0) is 9.53 Å². The standard InChI is InChI=1S/C29H32Cl2N2O5S/c1-5-7-8-12-38-25(6-2)20-11-9-10-19(26(20)37-4)24-16-39-29(32-24)33-27(34)18-14-22(30)21(23(31)15-18)13-17(3)28(35)36/h9-11,13-16,25H,5-8,12H2,1-4H3,(H,35,36)(H,32,33,34)/b17-13+. The number of anilines is 1. The maximum atomic E-state index is 12.9. The number of carboxylic acid groups (broad SMARTS) is 1. The molecule has 2 aromatic carbocycles. The molecule has 7 nitrogen and oxygen atoms in total. The van der Waals surface area contributed by atoms with Crippen LogP contribution in [0.1, 0.15) is 74.0 Å². The molecule has 1 unspecified atom stereocenters. The molecule has 3 rings (SSSR count). The molecule has 0 bridgehead atoms. The molecule has 1 amide bonds. The Labute approximate surface area is 242 Å². The molecule has 2 N–H and O–H groups in total. The van der Waals surface area contributed by atoms with E-state index in [9.17, 15) is 9.59 Å². The van der Waals surface area contributed by atoms with Crippen LogP contribution in [0.2, 0.25) is 10.0 Å². The molecule has 0 aliphatic heterocycles. The monoisotopic (exact) mass is 590 g/mol. The zero-order valence-electron chi connectivity index (χ0n) is 22.3. The number of halogens is 2. The topological polar surface area (TPSA) is 97.8 Å². The maximum absolute atomic E-state index is 12.9. The van der Waals surface area contributed by atoms with Gasteiger partial charge in [0.1, 0.15) is 5.75 Å². The van der Waals surface area contributed by atoms with Gasteiger partial charge in [-0.25, -0.2) is 9.78 Å². The highest BCUT2D eigenvalue weighted by Gasteiger charge is 2.21. The van der Waals surface area contributed by atoms with E-state index >= 15 is 0 Å². The molecular weight excluding hydrogens is 559 g/mol. The second-order valence-corrected chi connectivity index (χ2v) is 10.6. The third-order valence-corrected chi connectivity index (χ3v) is 7.46. The highest BCUT2D eigenvalue weighted by atomic mass is 35.5. The number of carboxylic acids is 1. The van der Waals surface area contributed by atoms with Crippen LogP contribution in [0.25, 0.3) is 17.3 Å². The third kappa shape index (κ3) is 7.82. The summed E-state index contributed by atoms with van der Waals surface area (Å²) in [5.41, 5.74) is 3.05. The van der Waals surface area contributed by atoms with Gasteiger partial charge >= 0.3 is 5.97 Å². The summed E-state index contributed by atoms with van der Waals surface area (Å²) in [5.74, 6) is -0.838. The van der Waals surface area contributed by atoms with Crippen molar-refractivity contribution in [3.63, 3.8) is 0 Å². The van der Waals surface area contributed by atoms with Gasteiger partial charge in [0, 0.05) is 39.8 Å². The molecule has 10 heteroatoms. The second kappa shape index (κ2) is 14.5. The van der Waals surface area contributed by atoms with Gasteiger partial charge in [-0.05, 0) is 44.0 Å². The van der Waals surface area contributed by atoms with Crippen LogP contribution in [0.3, 0.4) is 0 Å². The lowest BCUT2D eigenvalue weighted by molar-refractivity contribution is -0.132. The molecule has 208 valence electrons. The maximum Gasteiger partial charge on any atom is 0.331 e. The number of ether oxygens (including phenoxy) is 2. The van der Waals surface area contributed by atoms with Crippen molar-refractivity contribution < 1.29 is 24.2 Å². The molecule has 1 aromatic heterocycles. The number of amides is 1. The smallest absolute Gasteiger partial charge is 0.331 e.